The van der Waals surface area contributed by atoms with E-state index in [0.29, 0.717) is 26.3 Å². The highest BCUT2D eigenvalue weighted by Gasteiger charge is 2.34. The number of aliphatic hydroxyl groups excluding tert-OH is 1. The highest BCUT2D eigenvalue weighted by atomic mass is 32.2. The summed E-state index contributed by atoms with van der Waals surface area (Å²) in [6, 6.07) is 5.45. The Morgan fingerprint density at radius 3 is 2.76 bits per heavy atom. The molecule has 2 N–H and O–H groups in total. The molecule has 2 fully saturated rings. The fraction of sp³-hybridized carbons (Fsp3) is 0.312. The zero-order valence-electron chi connectivity index (χ0n) is 13.0. The molecule has 1 aromatic rings. The molecule has 0 bridgehead atoms. The Morgan fingerprint density at radius 1 is 1.40 bits per heavy atom. The first-order chi connectivity index (χ1) is 11.9. The summed E-state index contributed by atoms with van der Waals surface area (Å²) in [7, 11) is 0. The zero-order valence-corrected chi connectivity index (χ0v) is 15.4. The zero-order chi connectivity index (χ0) is 18.0. The minimum Gasteiger partial charge on any atom is -0.390 e. The number of carbonyl (C=O) groups is 2. The van der Waals surface area contributed by atoms with E-state index in [1.807, 2.05) is 0 Å². The normalized spacial score (nSPS) is 25.0. The molecule has 2 amide bonds. The summed E-state index contributed by atoms with van der Waals surface area (Å²) in [5, 5.41) is 12.5. The highest BCUT2D eigenvalue weighted by molar-refractivity contribution is 8.26. The summed E-state index contributed by atoms with van der Waals surface area (Å²) in [5.74, 6) is 0.178. The van der Waals surface area contributed by atoms with E-state index in [-0.39, 0.29) is 30.2 Å². The van der Waals surface area contributed by atoms with E-state index >= 15 is 0 Å². The molecule has 2 unspecified atom stereocenters. The molecule has 9 heteroatoms. The van der Waals surface area contributed by atoms with E-state index in [2.05, 4.69) is 5.32 Å². The van der Waals surface area contributed by atoms with Crippen LogP contribution in [0, 0.1) is 5.82 Å². The van der Waals surface area contributed by atoms with Crippen LogP contribution in [-0.4, -0.2) is 56.3 Å². The third kappa shape index (κ3) is 4.41. The number of amides is 2. The van der Waals surface area contributed by atoms with Gasteiger partial charge in [-0.05, 0) is 23.8 Å². The molecule has 25 heavy (non-hydrogen) atoms. The SMILES string of the molecule is O=C(CN1C(=O)/C(=C/c2ccc(F)cc2)SC1=S)NC1CSCC1O. The number of halogens is 1. The first kappa shape index (κ1) is 18.4. The summed E-state index contributed by atoms with van der Waals surface area (Å²) in [6.07, 6.45) is 1.05. The number of aliphatic hydroxyl groups is 1. The van der Waals surface area contributed by atoms with Crippen LogP contribution in [-0.2, 0) is 9.59 Å². The number of hydrogen-bond acceptors (Lipinski definition) is 6. The first-order valence-electron chi connectivity index (χ1n) is 7.50. The molecule has 2 aliphatic heterocycles. The van der Waals surface area contributed by atoms with Crippen LogP contribution in [0.3, 0.4) is 0 Å². The fourth-order valence-corrected chi connectivity index (χ4v) is 4.85. The summed E-state index contributed by atoms with van der Waals surface area (Å²) in [5.41, 5.74) is 0.678. The Balaban J connectivity index is 1.64. The van der Waals surface area contributed by atoms with Crippen molar-refractivity contribution in [2.24, 2.45) is 0 Å². The largest absolute Gasteiger partial charge is 0.390 e. The summed E-state index contributed by atoms with van der Waals surface area (Å²) < 4.78 is 13.3. The van der Waals surface area contributed by atoms with Gasteiger partial charge in [0.2, 0.25) is 5.91 Å². The van der Waals surface area contributed by atoms with Crippen molar-refractivity contribution in [3.8, 4) is 0 Å². The van der Waals surface area contributed by atoms with Crippen molar-refractivity contribution in [2.75, 3.05) is 18.1 Å². The van der Waals surface area contributed by atoms with E-state index in [1.54, 1.807) is 30.0 Å². The van der Waals surface area contributed by atoms with Gasteiger partial charge in [-0.2, -0.15) is 11.8 Å². The number of hydrogen-bond donors (Lipinski definition) is 2. The van der Waals surface area contributed by atoms with Gasteiger partial charge in [0.1, 0.15) is 16.7 Å². The molecule has 132 valence electrons. The number of thioether (sulfide) groups is 2. The molecule has 0 aromatic heterocycles. The van der Waals surface area contributed by atoms with Crippen molar-refractivity contribution in [1.29, 1.82) is 0 Å². The van der Waals surface area contributed by atoms with E-state index in [9.17, 15) is 19.1 Å². The number of nitrogens with zero attached hydrogens (tertiary/aromatic N) is 1. The predicted octanol–water partition coefficient (Wildman–Crippen LogP) is 1.62. The van der Waals surface area contributed by atoms with Crippen LogP contribution in [0.4, 0.5) is 4.39 Å². The molecule has 3 rings (SSSR count). The van der Waals surface area contributed by atoms with Crippen LogP contribution in [0.2, 0.25) is 0 Å². The van der Waals surface area contributed by atoms with Crippen molar-refractivity contribution in [1.82, 2.24) is 10.2 Å². The van der Waals surface area contributed by atoms with Gasteiger partial charge < -0.3 is 10.4 Å². The lowest BCUT2D eigenvalue weighted by Crippen LogP contribution is -2.47. The first-order valence-corrected chi connectivity index (χ1v) is 9.88. The molecular weight excluding hydrogens is 383 g/mol. The van der Waals surface area contributed by atoms with Crippen LogP contribution < -0.4 is 5.32 Å². The van der Waals surface area contributed by atoms with Gasteiger partial charge in [0.05, 0.1) is 17.1 Å². The van der Waals surface area contributed by atoms with Crippen molar-refractivity contribution in [3.05, 3.63) is 40.6 Å². The second kappa shape index (κ2) is 7.86. The van der Waals surface area contributed by atoms with E-state index < -0.39 is 6.10 Å². The smallest absolute Gasteiger partial charge is 0.266 e. The van der Waals surface area contributed by atoms with Crippen LogP contribution in [0.25, 0.3) is 6.08 Å². The minimum atomic E-state index is -0.571. The lowest BCUT2D eigenvalue weighted by atomic mass is 10.2. The molecule has 0 saturated carbocycles. The third-order valence-electron chi connectivity index (χ3n) is 3.74. The van der Waals surface area contributed by atoms with Crippen LogP contribution >= 0.6 is 35.7 Å². The van der Waals surface area contributed by atoms with Crippen LogP contribution in [0.1, 0.15) is 5.56 Å². The van der Waals surface area contributed by atoms with Crippen LogP contribution in [0.15, 0.2) is 29.2 Å². The third-order valence-corrected chi connectivity index (χ3v) is 6.29. The molecule has 2 aliphatic rings. The number of thiocarbonyl (C=S) groups is 1. The Morgan fingerprint density at radius 2 is 2.12 bits per heavy atom. The Bertz CT molecular complexity index is 739. The maximum Gasteiger partial charge on any atom is 0.266 e. The second-order valence-electron chi connectivity index (χ2n) is 5.60. The van der Waals surface area contributed by atoms with Crippen molar-refractivity contribution >= 4 is 58.0 Å². The Kier molecular flexibility index (Phi) is 5.78. The van der Waals surface area contributed by atoms with Gasteiger partial charge in [0.15, 0.2) is 0 Å². The van der Waals surface area contributed by atoms with Crippen molar-refractivity contribution in [2.45, 2.75) is 12.1 Å². The molecule has 0 radical (unpaired) electrons. The molecule has 2 heterocycles. The monoisotopic (exact) mass is 398 g/mol. The van der Waals surface area contributed by atoms with Gasteiger partial charge in [-0.3, -0.25) is 14.5 Å². The molecule has 2 atom stereocenters. The molecule has 2 saturated heterocycles. The lowest BCUT2D eigenvalue weighted by molar-refractivity contribution is -0.129. The molecule has 0 spiro atoms. The maximum atomic E-state index is 13.0. The summed E-state index contributed by atoms with van der Waals surface area (Å²) in [4.78, 5) is 26.2. The van der Waals surface area contributed by atoms with Crippen molar-refractivity contribution < 1.29 is 19.1 Å². The average molecular weight is 399 g/mol. The van der Waals surface area contributed by atoms with E-state index in [0.717, 1.165) is 11.8 Å². The Hall–Kier alpha value is -1.42. The van der Waals surface area contributed by atoms with Crippen molar-refractivity contribution in [3.63, 3.8) is 0 Å². The number of carbonyl (C=O) groups excluding carboxylic acids is 2. The maximum absolute atomic E-state index is 13.0. The van der Waals surface area contributed by atoms with Crippen LogP contribution in [0.5, 0.6) is 0 Å². The Labute approximate surface area is 158 Å². The highest BCUT2D eigenvalue weighted by Crippen LogP contribution is 2.32. The molecule has 5 nitrogen and oxygen atoms in total. The van der Waals surface area contributed by atoms with Gasteiger partial charge in [-0.25, -0.2) is 4.39 Å². The second-order valence-corrected chi connectivity index (χ2v) is 8.35. The molecule has 1 aromatic carbocycles. The minimum absolute atomic E-state index is 0.181. The standard InChI is InChI=1S/C16H15FN2O3S3/c17-10-3-1-9(2-4-10)5-13-15(22)19(16(23)25-13)6-14(21)18-11-7-24-8-12(11)20/h1-5,11-12,20H,6-8H2,(H,18,21)/b13-5-. The summed E-state index contributed by atoms with van der Waals surface area (Å²) >= 11 is 7.87. The molecule has 0 aliphatic carbocycles. The summed E-state index contributed by atoms with van der Waals surface area (Å²) in [6.45, 7) is -0.181. The molecular formula is C16H15FN2O3S3. The number of benzene rings is 1. The average Bonchev–Trinajstić information content (AvgIpc) is 3.08. The van der Waals surface area contributed by atoms with Gasteiger partial charge in [-0.15, -0.1) is 0 Å². The predicted molar refractivity (Wildman–Crippen MR) is 102 cm³/mol. The topological polar surface area (TPSA) is 69.6 Å². The number of rotatable bonds is 4. The quantitative estimate of drug-likeness (QED) is 0.593. The number of nitrogens with one attached hydrogen (secondary N) is 1. The van der Waals surface area contributed by atoms with Gasteiger partial charge in [0.25, 0.3) is 5.91 Å². The van der Waals surface area contributed by atoms with Gasteiger partial charge >= 0.3 is 0 Å². The van der Waals surface area contributed by atoms with Gasteiger partial charge in [-0.1, -0.05) is 36.1 Å². The lowest BCUT2D eigenvalue weighted by Gasteiger charge is -2.18. The van der Waals surface area contributed by atoms with Gasteiger partial charge in [0, 0.05) is 11.5 Å². The van der Waals surface area contributed by atoms with E-state index in [4.69, 9.17) is 12.2 Å². The van der Waals surface area contributed by atoms with E-state index in [1.165, 1.54) is 17.0 Å². The fourth-order valence-electron chi connectivity index (χ4n) is 2.42.